The molecule has 0 bridgehead atoms. The number of hydrogen-bond donors (Lipinski definition) is 0. The van der Waals surface area contributed by atoms with Crippen molar-refractivity contribution in [1.29, 1.82) is 0 Å². The summed E-state index contributed by atoms with van der Waals surface area (Å²) in [4.78, 5) is 13.7. The van der Waals surface area contributed by atoms with Crippen LogP contribution in [0.2, 0.25) is 5.28 Å². The molecule has 20 heavy (non-hydrogen) atoms. The van der Waals surface area contributed by atoms with E-state index >= 15 is 0 Å². The minimum Gasteiger partial charge on any atom is -0.366 e. The smallest absolute Gasteiger partial charge is 0.224 e. The Balaban J connectivity index is 2.06. The van der Waals surface area contributed by atoms with Gasteiger partial charge in [-0.3, -0.25) is 0 Å². The van der Waals surface area contributed by atoms with E-state index in [9.17, 15) is 0 Å². The highest BCUT2D eigenvalue weighted by Gasteiger charge is 2.44. The normalized spacial score (nSPS) is 22.8. The Hall–Kier alpha value is -1.20. The van der Waals surface area contributed by atoms with Crippen LogP contribution < -0.4 is 0 Å². The van der Waals surface area contributed by atoms with E-state index < -0.39 is 5.60 Å². The van der Waals surface area contributed by atoms with Crippen molar-refractivity contribution in [3.05, 3.63) is 16.8 Å². The molecule has 0 radical (unpaired) electrons. The van der Waals surface area contributed by atoms with Crippen molar-refractivity contribution in [2.24, 2.45) is 0 Å². The van der Waals surface area contributed by atoms with Crippen molar-refractivity contribution in [2.75, 3.05) is 6.61 Å². The summed E-state index contributed by atoms with van der Waals surface area (Å²) >= 11 is 6.13. The summed E-state index contributed by atoms with van der Waals surface area (Å²) in [6.45, 7) is 7.72. The minimum atomic E-state index is -0.396. The second-order valence-electron chi connectivity index (χ2n) is 6.52. The summed E-state index contributed by atoms with van der Waals surface area (Å²) in [6, 6.07) is 0. The van der Waals surface area contributed by atoms with Gasteiger partial charge in [0.05, 0.1) is 12.3 Å². The predicted octanol–water partition coefficient (Wildman–Crippen LogP) is 2.80. The van der Waals surface area contributed by atoms with E-state index in [1.54, 1.807) is 0 Å². The third-order valence-electron chi connectivity index (χ3n) is 4.46. The number of hydrogen-bond acceptors (Lipinski definition) is 4. The number of halogens is 1. The first-order valence-electron chi connectivity index (χ1n) is 6.99. The van der Waals surface area contributed by atoms with Crippen LogP contribution in [0.5, 0.6) is 0 Å². The monoisotopic (exact) mass is 292 g/mol. The zero-order chi connectivity index (χ0) is 14.1. The number of imidazole rings is 1. The quantitative estimate of drug-likeness (QED) is 0.759. The topological polar surface area (TPSA) is 52.8 Å². The van der Waals surface area contributed by atoms with Gasteiger partial charge < -0.3 is 9.30 Å². The molecule has 1 fully saturated rings. The Labute approximate surface area is 122 Å². The summed E-state index contributed by atoms with van der Waals surface area (Å²) in [5.41, 5.74) is 2.45. The second kappa shape index (κ2) is 3.71. The molecule has 1 saturated carbocycles. The van der Waals surface area contributed by atoms with Crippen molar-refractivity contribution < 1.29 is 4.74 Å². The van der Waals surface area contributed by atoms with Gasteiger partial charge in [-0.25, -0.2) is 9.97 Å². The van der Waals surface area contributed by atoms with Gasteiger partial charge in [0.25, 0.3) is 0 Å². The number of rotatable bonds is 1. The fourth-order valence-corrected chi connectivity index (χ4v) is 3.11. The molecule has 0 saturated heterocycles. The maximum atomic E-state index is 6.13. The van der Waals surface area contributed by atoms with Crippen LogP contribution in [0, 0.1) is 0 Å². The van der Waals surface area contributed by atoms with Gasteiger partial charge in [0.1, 0.15) is 16.9 Å². The van der Waals surface area contributed by atoms with Crippen LogP contribution in [0.15, 0.2) is 0 Å². The maximum Gasteiger partial charge on any atom is 0.224 e. The first-order chi connectivity index (χ1) is 9.41. The second-order valence-corrected chi connectivity index (χ2v) is 6.86. The lowest BCUT2D eigenvalue weighted by Crippen LogP contribution is -2.33. The summed E-state index contributed by atoms with van der Waals surface area (Å²) in [6.07, 6.45) is 2.27. The molecule has 5 nitrogen and oxygen atoms in total. The summed E-state index contributed by atoms with van der Waals surface area (Å²) in [5, 5.41) is 0.313. The van der Waals surface area contributed by atoms with Crippen LogP contribution in [-0.2, 0) is 22.3 Å². The summed E-state index contributed by atoms with van der Waals surface area (Å²) < 4.78 is 7.95. The molecule has 4 rings (SSSR count). The first-order valence-corrected chi connectivity index (χ1v) is 7.37. The first kappa shape index (κ1) is 12.5. The third kappa shape index (κ3) is 1.63. The number of aromatic nitrogens is 4. The molecule has 0 unspecified atom stereocenters. The van der Waals surface area contributed by atoms with Crippen molar-refractivity contribution in [1.82, 2.24) is 19.5 Å². The van der Waals surface area contributed by atoms with E-state index in [2.05, 4.69) is 21.5 Å². The van der Waals surface area contributed by atoms with Crippen LogP contribution in [0.25, 0.3) is 11.2 Å². The van der Waals surface area contributed by atoms with E-state index in [4.69, 9.17) is 21.3 Å². The molecule has 1 aliphatic heterocycles. The number of ether oxygens (including phenoxy) is 1. The lowest BCUT2D eigenvalue weighted by atomic mass is 10.0. The van der Waals surface area contributed by atoms with Gasteiger partial charge in [0.2, 0.25) is 5.28 Å². The van der Waals surface area contributed by atoms with Gasteiger partial charge in [-0.15, -0.1) is 0 Å². The van der Waals surface area contributed by atoms with Crippen LogP contribution in [0.3, 0.4) is 0 Å². The van der Waals surface area contributed by atoms with E-state index in [1.807, 2.05) is 13.8 Å². The zero-order valence-corrected chi connectivity index (χ0v) is 12.7. The molecule has 2 aliphatic rings. The average molecular weight is 293 g/mol. The van der Waals surface area contributed by atoms with Gasteiger partial charge in [-0.2, -0.15) is 4.98 Å². The standard InChI is InChI=1S/C14H17ClN4O/c1-13(2)11-16-8-9(14(3)4-5-14)17-12(15)18-10(8)19(11)6-7-20-13/h4-7H2,1-3H3. The lowest BCUT2D eigenvalue weighted by Gasteiger charge is -2.30. The van der Waals surface area contributed by atoms with Gasteiger partial charge >= 0.3 is 0 Å². The van der Waals surface area contributed by atoms with Crippen LogP contribution in [0.4, 0.5) is 0 Å². The Morgan fingerprint density at radius 1 is 1.15 bits per heavy atom. The number of nitrogens with zero attached hydrogens (tertiary/aromatic N) is 4. The highest BCUT2D eigenvalue weighted by atomic mass is 35.5. The Morgan fingerprint density at radius 3 is 2.60 bits per heavy atom. The van der Waals surface area contributed by atoms with E-state index in [-0.39, 0.29) is 5.41 Å². The van der Waals surface area contributed by atoms with Crippen LogP contribution >= 0.6 is 11.6 Å². The lowest BCUT2D eigenvalue weighted by molar-refractivity contribution is -0.0530. The molecule has 0 amide bonds. The molecule has 0 spiro atoms. The molecular formula is C14H17ClN4O. The third-order valence-corrected chi connectivity index (χ3v) is 4.62. The Kier molecular flexibility index (Phi) is 2.32. The van der Waals surface area contributed by atoms with Gasteiger partial charge in [0, 0.05) is 12.0 Å². The van der Waals surface area contributed by atoms with E-state index in [0.29, 0.717) is 11.9 Å². The molecule has 0 atom stereocenters. The highest BCUT2D eigenvalue weighted by molar-refractivity contribution is 6.28. The minimum absolute atomic E-state index is 0.111. The van der Waals surface area contributed by atoms with E-state index in [1.165, 1.54) is 0 Å². The molecule has 106 valence electrons. The van der Waals surface area contributed by atoms with Gasteiger partial charge in [0.15, 0.2) is 5.65 Å². The Morgan fingerprint density at radius 2 is 1.90 bits per heavy atom. The fourth-order valence-electron chi connectivity index (χ4n) is 2.95. The number of fused-ring (bicyclic) bond motifs is 3. The van der Waals surface area contributed by atoms with E-state index in [0.717, 1.165) is 42.1 Å². The van der Waals surface area contributed by atoms with Crippen molar-refractivity contribution in [3.63, 3.8) is 0 Å². The van der Waals surface area contributed by atoms with Crippen LogP contribution in [0.1, 0.15) is 45.1 Å². The predicted molar refractivity (Wildman–Crippen MR) is 75.9 cm³/mol. The average Bonchev–Trinajstić information content (AvgIpc) is 3.00. The highest BCUT2D eigenvalue weighted by Crippen LogP contribution is 2.49. The zero-order valence-electron chi connectivity index (χ0n) is 11.9. The molecule has 0 N–H and O–H groups in total. The molecule has 2 aromatic rings. The molecule has 0 aromatic carbocycles. The SMILES string of the molecule is CC1(c2nc(Cl)nc3c2nc2n3CCOC2(C)C)CC1. The molecule has 3 heterocycles. The molecular weight excluding hydrogens is 276 g/mol. The molecule has 6 heteroatoms. The molecule has 2 aromatic heterocycles. The summed E-state index contributed by atoms with van der Waals surface area (Å²) in [5.74, 6) is 0.917. The van der Waals surface area contributed by atoms with Gasteiger partial charge in [-0.1, -0.05) is 6.92 Å². The van der Waals surface area contributed by atoms with Crippen molar-refractivity contribution >= 4 is 22.8 Å². The van der Waals surface area contributed by atoms with Crippen molar-refractivity contribution in [2.45, 2.75) is 51.2 Å². The fraction of sp³-hybridized carbons (Fsp3) is 0.643. The van der Waals surface area contributed by atoms with Crippen molar-refractivity contribution in [3.8, 4) is 0 Å². The molecule has 1 aliphatic carbocycles. The Bertz CT molecular complexity index is 718. The maximum absolute atomic E-state index is 6.13. The van der Waals surface area contributed by atoms with Crippen LogP contribution in [-0.4, -0.2) is 26.1 Å². The largest absolute Gasteiger partial charge is 0.366 e. The van der Waals surface area contributed by atoms with Gasteiger partial charge in [-0.05, 0) is 38.3 Å². The summed E-state index contributed by atoms with van der Waals surface area (Å²) in [7, 11) is 0.